The van der Waals surface area contributed by atoms with Gasteiger partial charge in [-0.25, -0.2) is 0 Å². The summed E-state index contributed by atoms with van der Waals surface area (Å²) in [5.74, 6) is -0.198. The van der Waals surface area contributed by atoms with Crippen molar-refractivity contribution < 1.29 is 4.79 Å². The van der Waals surface area contributed by atoms with Crippen molar-refractivity contribution in [3.05, 3.63) is 29.8 Å². The first-order valence-corrected chi connectivity index (χ1v) is 6.95. The summed E-state index contributed by atoms with van der Waals surface area (Å²) in [6, 6.07) is 9.75. The second kappa shape index (κ2) is 7.54. The Morgan fingerprint density at radius 3 is 2.40 bits per heavy atom. The zero-order valence-corrected chi connectivity index (χ0v) is 12.8. The summed E-state index contributed by atoms with van der Waals surface area (Å²) in [5, 5.41) is 8.79. The molecule has 0 N–H and O–H groups in total. The first kappa shape index (κ1) is 16.0. The van der Waals surface area contributed by atoms with Gasteiger partial charge >= 0.3 is 0 Å². The molecular weight excluding hydrogens is 250 g/mol. The van der Waals surface area contributed by atoms with E-state index in [1.54, 1.807) is 11.9 Å². The summed E-state index contributed by atoms with van der Waals surface area (Å²) in [6.07, 6.45) is 1.09. The molecule has 4 heteroatoms. The summed E-state index contributed by atoms with van der Waals surface area (Å²) in [7, 11) is 3.77. The van der Waals surface area contributed by atoms with Gasteiger partial charge in [-0.3, -0.25) is 4.79 Å². The topological polar surface area (TPSA) is 47.3 Å². The van der Waals surface area contributed by atoms with Crippen LogP contribution >= 0.6 is 0 Å². The van der Waals surface area contributed by atoms with Crippen molar-refractivity contribution in [3.8, 4) is 6.07 Å². The molecule has 0 heterocycles. The van der Waals surface area contributed by atoms with Crippen molar-refractivity contribution in [3.63, 3.8) is 0 Å². The Kier molecular flexibility index (Phi) is 6.05. The zero-order valence-electron chi connectivity index (χ0n) is 12.8. The number of benzene rings is 1. The summed E-state index contributed by atoms with van der Waals surface area (Å²) < 4.78 is 0. The van der Waals surface area contributed by atoms with E-state index in [0.717, 1.165) is 18.7 Å². The zero-order chi connectivity index (χ0) is 15.1. The minimum absolute atomic E-state index is 0.0446. The van der Waals surface area contributed by atoms with E-state index in [-0.39, 0.29) is 11.8 Å². The van der Waals surface area contributed by atoms with Gasteiger partial charge in [-0.2, -0.15) is 5.26 Å². The quantitative estimate of drug-likeness (QED) is 0.800. The van der Waals surface area contributed by atoms with Gasteiger partial charge in [0.15, 0.2) is 0 Å². The first-order chi connectivity index (χ1) is 9.49. The Balaban J connectivity index is 2.73. The molecule has 1 unspecified atom stereocenters. The lowest BCUT2D eigenvalue weighted by atomic mass is 10.1. The number of carbonyl (C=O) groups is 1. The largest absolute Gasteiger partial charge is 0.375 e. The van der Waals surface area contributed by atoms with Crippen molar-refractivity contribution in [2.45, 2.75) is 20.3 Å². The molecule has 0 aliphatic carbocycles. The van der Waals surface area contributed by atoms with Crippen molar-refractivity contribution in [2.24, 2.45) is 5.92 Å². The fourth-order valence-electron chi connectivity index (χ4n) is 2.08. The average molecular weight is 273 g/mol. The second-order valence-corrected chi connectivity index (χ2v) is 5.18. The van der Waals surface area contributed by atoms with Gasteiger partial charge in [0.25, 0.3) is 5.91 Å². The maximum absolute atomic E-state index is 12.2. The number of nitriles is 1. The van der Waals surface area contributed by atoms with E-state index in [2.05, 4.69) is 17.9 Å². The Bertz CT molecular complexity index is 475. The maximum atomic E-state index is 12.2. The third-order valence-corrected chi connectivity index (χ3v) is 3.23. The van der Waals surface area contributed by atoms with Gasteiger partial charge in [-0.15, -0.1) is 0 Å². The van der Waals surface area contributed by atoms with E-state index < -0.39 is 0 Å². The third-order valence-electron chi connectivity index (χ3n) is 3.23. The van der Waals surface area contributed by atoms with Crippen LogP contribution in [0.25, 0.3) is 0 Å². The number of nitrogens with zero attached hydrogens (tertiary/aromatic N) is 3. The number of carbonyl (C=O) groups excluding carboxylic acids is 1. The third kappa shape index (κ3) is 4.27. The molecular formula is C16H23N3O. The molecule has 20 heavy (non-hydrogen) atoms. The number of anilines is 1. The molecule has 108 valence electrons. The number of amides is 1. The highest BCUT2D eigenvalue weighted by molar-refractivity contribution is 5.94. The van der Waals surface area contributed by atoms with Gasteiger partial charge in [-0.05, 0) is 37.6 Å². The molecule has 0 saturated carbocycles. The lowest BCUT2D eigenvalue weighted by Gasteiger charge is -2.20. The molecule has 0 fully saturated rings. The Morgan fingerprint density at radius 1 is 1.30 bits per heavy atom. The monoisotopic (exact) mass is 273 g/mol. The lowest BCUT2D eigenvalue weighted by molar-refractivity contribution is 0.0785. The van der Waals surface area contributed by atoms with Crippen LogP contribution in [0.5, 0.6) is 0 Å². The van der Waals surface area contributed by atoms with Gasteiger partial charge in [0.1, 0.15) is 0 Å². The molecule has 0 saturated heterocycles. The smallest absolute Gasteiger partial charge is 0.253 e. The molecule has 0 aliphatic rings. The van der Waals surface area contributed by atoms with Gasteiger partial charge in [0, 0.05) is 38.4 Å². The molecule has 0 bridgehead atoms. The van der Waals surface area contributed by atoms with E-state index >= 15 is 0 Å². The van der Waals surface area contributed by atoms with Crippen LogP contribution < -0.4 is 4.90 Å². The van der Waals surface area contributed by atoms with E-state index in [9.17, 15) is 4.79 Å². The number of hydrogen-bond donors (Lipinski definition) is 0. The lowest BCUT2D eigenvalue weighted by Crippen LogP contribution is -2.30. The molecule has 1 rings (SSSR count). The Hall–Kier alpha value is -2.02. The molecule has 0 aromatic heterocycles. The second-order valence-electron chi connectivity index (χ2n) is 5.18. The Labute approximate surface area is 121 Å². The molecule has 0 spiro atoms. The average Bonchev–Trinajstić information content (AvgIpc) is 2.46. The predicted octanol–water partition coefficient (Wildman–Crippen LogP) is 2.76. The van der Waals surface area contributed by atoms with Gasteiger partial charge < -0.3 is 9.80 Å². The van der Waals surface area contributed by atoms with Crippen LogP contribution in [0.3, 0.4) is 0 Å². The maximum Gasteiger partial charge on any atom is 0.253 e. The first-order valence-electron chi connectivity index (χ1n) is 6.95. The van der Waals surface area contributed by atoms with Crippen molar-refractivity contribution in [1.82, 2.24) is 4.90 Å². The van der Waals surface area contributed by atoms with Gasteiger partial charge in [0.05, 0.1) is 12.0 Å². The van der Waals surface area contributed by atoms with Gasteiger partial charge in [-0.1, -0.05) is 6.92 Å². The van der Waals surface area contributed by atoms with E-state index in [0.29, 0.717) is 12.1 Å². The van der Waals surface area contributed by atoms with Crippen molar-refractivity contribution >= 4 is 11.6 Å². The Morgan fingerprint density at radius 2 is 1.90 bits per heavy atom. The highest BCUT2D eigenvalue weighted by Crippen LogP contribution is 2.15. The summed E-state index contributed by atoms with van der Waals surface area (Å²) in [4.78, 5) is 16.0. The van der Waals surface area contributed by atoms with Crippen LogP contribution in [0.1, 0.15) is 30.6 Å². The van der Waals surface area contributed by atoms with Crippen LogP contribution in [-0.2, 0) is 0 Å². The standard InChI is InChI=1S/C16H23N3O/c1-5-10-18(3)15-8-6-14(7-9-15)16(20)19(4)12-13(2)11-17/h6-9,13H,5,10,12H2,1-4H3. The summed E-state index contributed by atoms with van der Waals surface area (Å²) in [5.41, 5.74) is 1.77. The van der Waals surface area contributed by atoms with Crippen molar-refractivity contribution in [1.29, 1.82) is 5.26 Å². The van der Waals surface area contributed by atoms with E-state index in [1.807, 2.05) is 38.2 Å². The summed E-state index contributed by atoms with van der Waals surface area (Å²) in [6.45, 7) is 5.39. The highest BCUT2D eigenvalue weighted by atomic mass is 16.2. The minimum atomic E-state index is -0.154. The SMILES string of the molecule is CCCN(C)c1ccc(C(=O)N(C)CC(C)C#N)cc1. The minimum Gasteiger partial charge on any atom is -0.375 e. The van der Waals surface area contributed by atoms with Crippen LogP contribution in [0.2, 0.25) is 0 Å². The highest BCUT2D eigenvalue weighted by Gasteiger charge is 2.14. The van der Waals surface area contributed by atoms with Crippen molar-refractivity contribution in [2.75, 3.05) is 32.1 Å². The van der Waals surface area contributed by atoms with Crippen LogP contribution in [0, 0.1) is 17.2 Å². The molecule has 0 aliphatic heterocycles. The molecule has 1 aromatic rings. The number of rotatable bonds is 6. The molecule has 1 aromatic carbocycles. The normalized spacial score (nSPS) is 11.6. The van der Waals surface area contributed by atoms with E-state index in [1.165, 1.54) is 0 Å². The van der Waals surface area contributed by atoms with Gasteiger partial charge in [0.2, 0.25) is 0 Å². The summed E-state index contributed by atoms with van der Waals surface area (Å²) >= 11 is 0. The predicted molar refractivity (Wildman–Crippen MR) is 81.7 cm³/mol. The fraction of sp³-hybridized carbons (Fsp3) is 0.500. The van der Waals surface area contributed by atoms with E-state index in [4.69, 9.17) is 5.26 Å². The molecule has 4 nitrogen and oxygen atoms in total. The molecule has 1 atom stereocenters. The number of hydrogen-bond acceptors (Lipinski definition) is 3. The van der Waals surface area contributed by atoms with Crippen LogP contribution in [0.4, 0.5) is 5.69 Å². The van der Waals surface area contributed by atoms with Crippen LogP contribution in [0.15, 0.2) is 24.3 Å². The molecule has 1 amide bonds. The fourth-order valence-corrected chi connectivity index (χ4v) is 2.08. The van der Waals surface area contributed by atoms with Crippen LogP contribution in [-0.4, -0.2) is 38.0 Å². The molecule has 0 radical (unpaired) electrons.